The van der Waals surface area contributed by atoms with E-state index in [9.17, 15) is 9.59 Å². The molecule has 1 aliphatic carbocycles. The summed E-state index contributed by atoms with van der Waals surface area (Å²) in [5.41, 5.74) is 0.581. The van der Waals surface area contributed by atoms with Crippen molar-refractivity contribution in [3.05, 3.63) is 32.4 Å². The molecule has 0 bridgehead atoms. The summed E-state index contributed by atoms with van der Waals surface area (Å²) < 4.78 is 0. The third kappa shape index (κ3) is 2.53. The van der Waals surface area contributed by atoms with Gasteiger partial charge in [-0.25, -0.2) is 0 Å². The maximum Gasteiger partial charge on any atom is 0.210 e. The van der Waals surface area contributed by atoms with E-state index < -0.39 is 0 Å². The molecule has 4 heteroatoms. The second kappa shape index (κ2) is 5.19. The lowest BCUT2D eigenvalue weighted by Crippen LogP contribution is -2.12. The zero-order chi connectivity index (χ0) is 12.4. The van der Waals surface area contributed by atoms with Crippen molar-refractivity contribution in [2.24, 2.45) is 0 Å². The maximum atomic E-state index is 12.1. The first kappa shape index (κ1) is 12.6. The Labute approximate surface area is 109 Å². The molecule has 1 heterocycles. The summed E-state index contributed by atoms with van der Waals surface area (Å²) in [6.45, 7) is 4.04. The molecule has 17 heavy (non-hydrogen) atoms. The molecule has 90 valence electrons. The van der Waals surface area contributed by atoms with Gasteiger partial charge >= 0.3 is 0 Å². The molecular weight excluding hydrogens is 252 g/mol. The fraction of sp³-hybridized carbons (Fsp3) is 0.385. The molecule has 1 aliphatic rings. The van der Waals surface area contributed by atoms with Crippen LogP contribution in [0.1, 0.15) is 44.7 Å². The van der Waals surface area contributed by atoms with E-state index in [1.54, 1.807) is 0 Å². The number of hydrogen-bond acceptors (Lipinski definition) is 4. The summed E-state index contributed by atoms with van der Waals surface area (Å²) in [5.74, 6) is 0.905. The van der Waals surface area contributed by atoms with Crippen LogP contribution in [0.3, 0.4) is 0 Å². The highest BCUT2D eigenvalue weighted by Crippen LogP contribution is 2.33. The van der Waals surface area contributed by atoms with Crippen LogP contribution in [0, 0.1) is 6.92 Å². The number of rotatable bonds is 4. The molecule has 0 radical (unpaired) electrons. The summed E-state index contributed by atoms with van der Waals surface area (Å²) in [5, 5.41) is 0. The molecular formula is C13H14O2S2. The van der Waals surface area contributed by atoms with Crippen LogP contribution in [0.4, 0.5) is 0 Å². The van der Waals surface area contributed by atoms with Crippen LogP contribution >= 0.6 is 23.1 Å². The predicted molar refractivity (Wildman–Crippen MR) is 73.2 cm³/mol. The minimum atomic E-state index is -0.0250. The molecule has 1 aromatic rings. The number of hydrogen-bond donors (Lipinski definition) is 0. The van der Waals surface area contributed by atoms with Crippen molar-refractivity contribution in [2.45, 2.75) is 26.7 Å². The van der Waals surface area contributed by atoms with Gasteiger partial charge in [0.05, 0.1) is 9.78 Å². The average molecular weight is 266 g/mol. The number of aryl methyl sites for hydroxylation is 1. The van der Waals surface area contributed by atoms with E-state index in [1.165, 1.54) is 29.2 Å². The van der Waals surface area contributed by atoms with E-state index in [0.717, 1.165) is 23.5 Å². The Morgan fingerprint density at radius 1 is 1.35 bits per heavy atom. The van der Waals surface area contributed by atoms with Gasteiger partial charge in [-0.3, -0.25) is 9.59 Å². The van der Waals surface area contributed by atoms with Crippen molar-refractivity contribution in [1.82, 2.24) is 0 Å². The highest BCUT2D eigenvalue weighted by Gasteiger charge is 2.27. The lowest BCUT2D eigenvalue weighted by molar-refractivity contribution is 0.0994. The van der Waals surface area contributed by atoms with Crippen molar-refractivity contribution < 1.29 is 9.59 Å². The summed E-state index contributed by atoms with van der Waals surface area (Å²) in [4.78, 5) is 26.2. The summed E-state index contributed by atoms with van der Waals surface area (Å²) >= 11 is 2.92. The molecule has 0 saturated heterocycles. The highest BCUT2D eigenvalue weighted by molar-refractivity contribution is 8.04. The number of thiophene rings is 1. The van der Waals surface area contributed by atoms with Gasteiger partial charge < -0.3 is 0 Å². The fourth-order valence-electron chi connectivity index (χ4n) is 1.67. The molecule has 0 fully saturated rings. The first-order valence-corrected chi connectivity index (χ1v) is 7.47. The molecule has 1 aromatic heterocycles. The molecule has 2 rings (SSSR count). The molecule has 2 nitrogen and oxygen atoms in total. The zero-order valence-electron chi connectivity index (χ0n) is 9.91. The second-order valence-corrected chi connectivity index (χ2v) is 6.40. The maximum absolute atomic E-state index is 12.1. The molecule has 0 unspecified atom stereocenters. The van der Waals surface area contributed by atoms with E-state index in [1.807, 2.05) is 13.0 Å². The van der Waals surface area contributed by atoms with Gasteiger partial charge in [-0.1, -0.05) is 13.3 Å². The second-order valence-electron chi connectivity index (χ2n) is 4.00. The third-order valence-corrected chi connectivity index (χ3v) is 4.72. The summed E-state index contributed by atoms with van der Waals surface area (Å²) in [7, 11) is 0. The Morgan fingerprint density at radius 2 is 2.12 bits per heavy atom. The first-order valence-electron chi connectivity index (χ1n) is 5.67. The Balaban J connectivity index is 2.22. The van der Waals surface area contributed by atoms with E-state index in [4.69, 9.17) is 0 Å². The number of Topliss-reactive ketones (excluding diaryl/α,β-unsaturated/α-hetero) is 1. The van der Waals surface area contributed by atoms with Crippen LogP contribution in [0.15, 0.2) is 17.0 Å². The van der Waals surface area contributed by atoms with Gasteiger partial charge in [0.2, 0.25) is 5.78 Å². The monoisotopic (exact) mass is 266 g/mol. The van der Waals surface area contributed by atoms with Gasteiger partial charge in [0, 0.05) is 16.5 Å². The highest BCUT2D eigenvalue weighted by atomic mass is 32.2. The van der Waals surface area contributed by atoms with E-state index >= 15 is 0 Å². The van der Waals surface area contributed by atoms with Crippen LogP contribution < -0.4 is 0 Å². The number of carbonyl (C=O) groups is 2. The van der Waals surface area contributed by atoms with Crippen LogP contribution in [0.2, 0.25) is 0 Å². The Morgan fingerprint density at radius 3 is 2.82 bits per heavy atom. The number of ketones is 2. The largest absolute Gasteiger partial charge is 0.289 e. The van der Waals surface area contributed by atoms with Crippen molar-refractivity contribution in [3.8, 4) is 0 Å². The number of unbranched alkanes of at least 4 members (excludes halogenated alkanes) is 1. The van der Waals surface area contributed by atoms with E-state index in [2.05, 4.69) is 6.92 Å². The normalized spacial score (nSPS) is 14.8. The van der Waals surface area contributed by atoms with Crippen LogP contribution in [-0.2, 0) is 0 Å². The molecule has 0 spiro atoms. The lowest BCUT2D eigenvalue weighted by Gasteiger charge is -2.10. The number of thioether (sulfide) groups is 1. The fourth-order valence-corrected chi connectivity index (χ4v) is 3.79. The average Bonchev–Trinajstić information content (AvgIpc) is 2.68. The topological polar surface area (TPSA) is 34.1 Å². The minimum absolute atomic E-state index is 0.0250. The van der Waals surface area contributed by atoms with E-state index in [0.29, 0.717) is 15.3 Å². The molecule has 0 saturated carbocycles. The number of fused-ring (bicyclic) bond motifs is 1. The molecule has 0 amide bonds. The lowest BCUT2D eigenvalue weighted by atomic mass is 10.0. The Kier molecular flexibility index (Phi) is 3.84. The smallest absolute Gasteiger partial charge is 0.210 e. The number of allylic oxidation sites excluding steroid dienone is 2. The van der Waals surface area contributed by atoms with Gasteiger partial charge in [0.25, 0.3) is 0 Å². The zero-order valence-corrected chi connectivity index (χ0v) is 11.5. The van der Waals surface area contributed by atoms with Crippen LogP contribution in [0.25, 0.3) is 0 Å². The quantitative estimate of drug-likeness (QED) is 0.776. The van der Waals surface area contributed by atoms with Gasteiger partial charge in [-0.05, 0) is 25.2 Å². The van der Waals surface area contributed by atoms with Gasteiger partial charge in [0.1, 0.15) is 0 Å². The molecule has 0 aliphatic heterocycles. The first-order chi connectivity index (χ1) is 8.13. The SMILES string of the molecule is CCCCSC1=CC(=O)c2cc(C)sc2C1=O. The Hall–Kier alpha value is -0.870. The van der Waals surface area contributed by atoms with Crippen LogP contribution in [0.5, 0.6) is 0 Å². The third-order valence-electron chi connectivity index (χ3n) is 2.57. The van der Waals surface area contributed by atoms with Crippen molar-refractivity contribution in [3.63, 3.8) is 0 Å². The summed E-state index contributed by atoms with van der Waals surface area (Å²) in [6, 6.07) is 1.81. The minimum Gasteiger partial charge on any atom is -0.289 e. The predicted octanol–water partition coefficient (Wildman–Crippen LogP) is 3.85. The van der Waals surface area contributed by atoms with Crippen molar-refractivity contribution >= 4 is 34.7 Å². The molecule has 0 atom stereocenters. The van der Waals surface area contributed by atoms with Gasteiger partial charge in [-0.15, -0.1) is 23.1 Å². The molecule has 0 aromatic carbocycles. The Bertz CT molecular complexity index is 498. The van der Waals surface area contributed by atoms with Gasteiger partial charge in [0.15, 0.2) is 5.78 Å². The van der Waals surface area contributed by atoms with E-state index in [-0.39, 0.29) is 11.6 Å². The number of carbonyl (C=O) groups excluding carboxylic acids is 2. The van der Waals surface area contributed by atoms with Crippen LogP contribution in [-0.4, -0.2) is 17.3 Å². The standard InChI is InChI=1S/C13H14O2S2/c1-3-4-5-16-11-7-10(14)9-6-8(2)17-13(9)12(11)15/h6-7H,3-5H2,1-2H3. The van der Waals surface area contributed by atoms with Crippen molar-refractivity contribution in [1.29, 1.82) is 0 Å². The molecule has 0 N–H and O–H groups in total. The van der Waals surface area contributed by atoms with Gasteiger partial charge in [-0.2, -0.15) is 0 Å². The summed E-state index contributed by atoms with van der Waals surface area (Å²) in [6.07, 6.45) is 3.67. The van der Waals surface area contributed by atoms with Crippen molar-refractivity contribution in [2.75, 3.05) is 5.75 Å².